The van der Waals surface area contributed by atoms with Crippen LogP contribution in [-0.4, -0.2) is 39.9 Å². The van der Waals surface area contributed by atoms with Crippen LogP contribution in [0.15, 0.2) is 24.3 Å². The molecule has 1 aliphatic heterocycles. The molecule has 0 saturated heterocycles. The summed E-state index contributed by atoms with van der Waals surface area (Å²) in [5.41, 5.74) is 1.53. The summed E-state index contributed by atoms with van der Waals surface area (Å²) in [5, 5.41) is 2.92. The van der Waals surface area contributed by atoms with Gasteiger partial charge in [0.15, 0.2) is 40.7 Å². The molecule has 0 bridgehead atoms. The highest BCUT2D eigenvalue weighted by molar-refractivity contribution is 6.03. The van der Waals surface area contributed by atoms with E-state index < -0.39 is 34.9 Å². The first-order valence-electron chi connectivity index (χ1n) is 13.7. The molecule has 1 saturated carbocycles. The van der Waals surface area contributed by atoms with Crippen LogP contribution in [0.4, 0.5) is 37.8 Å². The summed E-state index contributed by atoms with van der Waals surface area (Å²) in [6.07, 6.45) is 1.78. The topological polar surface area (TPSA) is 61.4 Å². The molecule has 2 heterocycles. The molecule has 240 valence electrons. The lowest BCUT2D eigenvalue weighted by Gasteiger charge is -2.43. The smallest absolute Gasteiger partial charge is 0.247 e. The normalized spacial score (nSPS) is 19.2. The van der Waals surface area contributed by atoms with Crippen molar-refractivity contribution in [1.29, 1.82) is 0 Å². The van der Waals surface area contributed by atoms with E-state index in [4.69, 9.17) is 4.98 Å². The lowest BCUT2D eigenvalue weighted by Crippen LogP contribution is -2.50. The minimum atomic E-state index is -1.58. The fraction of sp³-hybridized carbons (Fsp3) is 0.469. The molecule has 2 aliphatic rings. The third-order valence-electron chi connectivity index (χ3n) is 8.07. The van der Waals surface area contributed by atoms with Gasteiger partial charge in [-0.1, -0.05) is 28.7 Å². The Hall–Kier alpha value is -3.67. The van der Waals surface area contributed by atoms with Gasteiger partial charge >= 0.3 is 0 Å². The van der Waals surface area contributed by atoms with Crippen molar-refractivity contribution in [1.82, 2.24) is 14.9 Å². The summed E-state index contributed by atoms with van der Waals surface area (Å²) < 4.78 is 82.8. The number of carbonyl (C=O) groups is 1. The molecule has 1 fully saturated rings. The molecule has 1 atom stereocenters. The van der Waals surface area contributed by atoms with Crippen LogP contribution in [0.3, 0.4) is 0 Å². The lowest BCUT2D eigenvalue weighted by atomic mass is 9.76. The molecule has 44 heavy (non-hydrogen) atoms. The van der Waals surface area contributed by atoms with Gasteiger partial charge in [-0.15, -0.1) is 0 Å². The Kier molecular flexibility index (Phi) is 10.7. The maximum absolute atomic E-state index is 13.9. The number of aromatic nitrogens is 2. The van der Waals surface area contributed by atoms with E-state index in [-0.39, 0.29) is 68.9 Å². The van der Waals surface area contributed by atoms with Crippen molar-refractivity contribution in [3.63, 3.8) is 0 Å². The quantitative estimate of drug-likeness (QED) is 0.210. The number of carbonyl (C=O) groups excluding carboxylic acids is 1. The van der Waals surface area contributed by atoms with Gasteiger partial charge in [-0.3, -0.25) is 9.69 Å². The Bertz CT molecular complexity index is 1420. The van der Waals surface area contributed by atoms with Crippen molar-refractivity contribution in [2.75, 3.05) is 17.3 Å². The Labute approximate surface area is 254 Å². The fourth-order valence-electron chi connectivity index (χ4n) is 5.97. The van der Waals surface area contributed by atoms with Crippen molar-refractivity contribution in [3.05, 3.63) is 81.8 Å². The van der Waals surface area contributed by atoms with E-state index in [2.05, 4.69) is 10.3 Å². The Balaban J connectivity index is 0.00000264. The molecule has 0 radical (unpaired) electrons. The minimum absolute atomic E-state index is 0. The number of nitrogens with zero attached hydrogens (tertiary/aromatic N) is 4. The van der Waals surface area contributed by atoms with Crippen LogP contribution < -0.4 is 10.2 Å². The van der Waals surface area contributed by atoms with Crippen LogP contribution in [0.5, 0.6) is 0 Å². The van der Waals surface area contributed by atoms with E-state index in [0.29, 0.717) is 42.3 Å². The van der Waals surface area contributed by atoms with Crippen molar-refractivity contribution >= 4 is 17.4 Å². The number of rotatable bonds is 8. The Morgan fingerprint density at radius 3 is 1.82 bits per heavy atom. The molecule has 1 amide bonds. The zero-order valence-corrected chi connectivity index (χ0v) is 23.6. The number of hydrogen-bond donors (Lipinski definition) is 1. The predicted molar refractivity (Wildman–Crippen MR) is 158 cm³/mol. The summed E-state index contributed by atoms with van der Waals surface area (Å²) in [6.45, 7) is 5.68. The van der Waals surface area contributed by atoms with Gasteiger partial charge in [0.2, 0.25) is 5.91 Å². The van der Waals surface area contributed by atoms with Crippen molar-refractivity contribution in [2.24, 2.45) is 11.8 Å². The highest BCUT2D eigenvalue weighted by Crippen LogP contribution is 2.38. The third kappa shape index (κ3) is 6.85. The standard InChI is InChI=1S/C30H31F6N5O.2CH4/c1-14(2)28-30(42)39-27-15(3)37-24(38-29(27)40(28)4)11-16-5-19(6-16)41(12-17-7-20(31)25(35)21(32)8-17)13-18-9-22(33)26(36)23(34)10-18;;/h7-10,14,16,19,28H,5-6,11-13H2,1-4H3,(H,39,42);2*1H4/t16?,19?,28-;;/m0../s1. The van der Waals surface area contributed by atoms with Crippen LogP contribution in [0, 0.1) is 53.7 Å². The summed E-state index contributed by atoms with van der Waals surface area (Å²) in [6, 6.07) is 3.03. The number of aryl methyl sites for hydroxylation is 1. The summed E-state index contributed by atoms with van der Waals surface area (Å²) in [5.74, 6) is -7.16. The molecular weight excluding hydrogens is 584 g/mol. The van der Waals surface area contributed by atoms with Gasteiger partial charge < -0.3 is 10.2 Å². The van der Waals surface area contributed by atoms with Gasteiger partial charge in [0.05, 0.1) is 5.69 Å². The number of hydrogen-bond acceptors (Lipinski definition) is 5. The molecule has 3 aromatic rings. The average molecular weight is 624 g/mol. The molecule has 1 aliphatic carbocycles. The van der Waals surface area contributed by atoms with E-state index in [0.717, 1.165) is 24.3 Å². The number of halogens is 6. The van der Waals surface area contributed by atoms with Crippen molar-refractivity contribution in [2.45, 2.75) is 80.1 Å². The molecular formula is C32H39F6N5O. The summed E-state index contributed by atoms with van der Waals surface area (Å²) in [7, 11) is 1.83. The van der Waals surface area contributed by atoms with Gasteiger partial charge in [-0.2, -0.15) is 0 Å². The fourth-order valence-corrected chi connectivity index (χ4v) is 5.97. The number of fused-ring (bicyclic) bond motifs is 1. The van der Waals surface area contributed by atoms with E-state index in [1.54, 1.807) is 11.8 Å². The van der Waals surface area contributed by atoms with Crippen molar-refractivity contribution < 1.29 is 31.1 Å². The Morgan fingerprint density at radius 1 is 0.886 bits per heavy atom. The number of benzene rings is 2. The second kappa shape index (κ2) is 13.5. The van der Waals surface area contributed by atoms with Crippen LogP contribution in [-0.2, 0) is 24.3 Å². The maximum atomic E-state index is 13.9. The zero-order valence-electron chi connectivity index (χ0n) is 23.6. The molecule has 12 heteroatoms. The number of anilines is 2. The van der Waals surface area contributed by atoms with E-state index >= 15 is 0 Å². The van der Waals surface area contributed by atoms with Crippen molar-refractivity contribution in [3.8, 4) is 0 Å². The zero-order chi connectivity index (χ0) is 30.5. The molecule has 0 unspecified atom stereocenters. The minimum Gasteiger partial charge on any atom is -0.346 e. The molecule has 1 aromatic heterocycles. The van der Waals surface area contributed by atoms with Gasteiger partial charge in [-0.25, -0.2) is 36.3 Å². The van der Waals surface area contributed by atoms with Crippen LogP contribution in [0.1, 0.15) is 64.2 Å². The molecule has 0 spiro atoms. The molecule has 6 nitrogen and oxygen atoms in total. The van der Waals surface area contributed by atoms with Gasteiger partial charge in [0, 0.05) is 32.6 Å². The highest BCUT2D eigenvalue weighted by Gasteiger charge is 2.37. The largest absolute Gasteiger partial charge is 0.346 e. The van der Waals surface area contributed by atoms with E-state index in [1.807, 2.05) is 25.8 Å². The monoisotopic (exact) mass is 623 g/mol. The highest BCUT2D eigenvalue weighted by atomic mass is 19.2. The summed E-state index contributed by atoms with van der Waals surface area (Å²) in [4.78, 5) is 25.6. The van der Waals surface area contributed by atoms with E-state index in [1.165, 1.54) is 0 Å². The lowest BCUT2D eigenvalue weighted by molar-refractivity contribution is -0.118. The molecule has 5 rings (SSSR count). The van der Waals surface area contributed by atoms with Crippen LogP contribution in [0.2, 0.25) is 0 Å². The average Bonchev–Trinajstić information content (AvgIpc) is 2.88. The first-order valence-corrected chi connectivity index (χ1v) is 13.7. The molecule has 1 N–H and O–H groups in total. The second-order valence-corrected chi connectivity index (χ2v) is 11.6. The maximum Gasteiger partial charge on any atom is 0.247 e. The predicted octanol–water partition coefficient (Wildman–Crippen LogP) is 7.33. The third-order valence-corrected chi connectivity index (χ3v) is 8.07. The van der Waals surface area contributed by atoms with Gasteiger partial charge in [-0.05, 0) is 67.0 Å². The SMILES string of the molecule is C.C.Cc1nc(CC2CC(N(Cc3cc(F)c(F)c(F)c3)Cc3cc(F)c(F)c(F)c3)C2)nc2c1NC(=O)[C@H](C(C)C)N2C. The number of nitrogens with one attached hydrogen (secondary N) is 1. The Morgan fingerprint density at radius 2 is 1.36 bits per heavy atom. The molecule has 2 aromatic carbocycles. The van der Waals surface area contributed by atoms with Crippen LogP contribution >= 0.6 is 0 Å². The first kappa shape index (κ1) is 34.8. The van der Waals surface area contributed by atoms with Gasteiger partial charge in [0.25, 0.3) is 0 Å². The first-order chi connectivity index (χ1) is 19.8. The number of likely N-dealkylation sites (N-methyl/N-ethyl adjacent to an activating group) is 1. The number of amides is 1. The second-order valence-electron chi connectivity index (χ2n) is 11.6. The van der Waals surface area contributed by atoms with Crippen LogP contribution in [0.25, 0.3) is 0 Å². The van der Waals surface area contributed by atoms with Gasteiger partial charge in [0.1, 0.15) is 17.6 Å². The van der Waals surface area contributed by atoms with E-state index in [9.17, 15) is 31.1 Å². The summed E-state index contributed by atoms with van der Waals surface area (Å²) >= 11 is 0.